The average molecular weight is 519 g/mol. The fraction of sp³-hybridized carbons (Fsp3) is 0.667. The van der Waals surface area contributed by atoms with Gasteiger partial charge in [-0.05, 0) is 33.0 Å². The molecule has 0 spiro atoms. The molecule has 0 bridgehead atoms. The molecule has 29 heavy (non-hydrogen) atoms. The van der Waals surface area contributed by atoms with E-state index in [2.05, 4.69) is 48.0 Å². The van der Waals surface area contributed by atoms with Gasteiger partial charge in [-0.2, -0.15) is 0 Å². The highest BCUT2D eigenvalue weighted by Gasteiger charge is 2.19. The molecule has 1 aromatic carbocycles. The van der Waals surface area contributed by atoms with Crippen molar-refractivity contribution in [2.75, 3.05) is 67.6 Å². The maximum atomic E-state index is 5.54. The molecule has 1 aliphatic rings. The van der Waals surface area contributed by atoms with Gasteiger partial charge in [0.1, 0.15) is 11.5 Å². The first-order valence-electron chi connectivity index (χ1n) is 10.1. The van der Waals surface area contributed by atoms with E-state index in [9.17, 15) is 0 Å². The number of halogens is 1. The first kappa shape index (κ1) is 25.8. The number of rotatable bonds is 8. The number of hydrogen-bond donors (Lipinski definition) is 1. The third-order valence-corrected chi connectivity index (χ3v) is 5.26. The molecule has 7 nitrogen and oxygen atoms in total. The molecule has 8 heteroatoms. The lowest BCUT2D eigenvalue weighted by atomic mass is 10.2. The lowest BCUT2D eigenvalue weighted by molar-refractivity contribution is 0.122. The molecule has 0 aliphatic carbocycles. The molecule has 2 rings (SSSR count). The number of guanidine groups is 1. The number of methoxy groups -OCH3 is 2. The molecule has 1 aliphatic heterocycles. The van der Waals surface area contributed by atoms with Crippen LogP contribution in [0.2, 0.25) is 0 Å². The number of likely N-dealkylation sites (N-methyl/N-ethyl adjacent to an activating group) is 1. The van der Waals surface area contributed by atoms with E-state index in [1.807, 2.05) is 18.2 Å². The van der Waals surface area contributed by atoms with Crippen LogP contribution in [0.5, 0.6) is 11.5 Å². The topological polar surface area (TPSA) is 52.6 Å². The van der Waals surface area contributed by atoms with Crippen LogP contribution in [0.15, 0.2) is 23.2 Å². The Morgan fingerprint density at radius 1 is 1.21 bits per heavy atom. The normalized spacial score (nSPS) is 16.7. The summed E-state index contributed by atoms with van der Waals surface area (Å²) in [6.45, 7) is 11.2. The smallest absolute Gasteiger partial charge is 0.194 e. The monoisotopic (exact) mass is 519 g/mol. The average Bonchev–Trinajstić information content (AvgIpc) is 2.71. The van der Waals surface area contributed by atoms with Crippen molar-refractivity contribution in [1.29, 1.82) is 0 Å². The number of benzene rings is 1. The summed E-state index contributed by atoms with van der Waals surface area (Å²) in [4.78, 5) is 12.0. The Bertz CT molecular complexity index is 635. The molecule has 1 atom stereocenters. The highest BCUT2D eigenvalue weighted by Crippen LogP contribution is 2.25. The molecule has 1 N–H and O–H groups in total. The Morgan fingerprint density at radius 2 is 1.90 bits per heavy atom. The molecule has 0 aromatic heterocycles. The lowest BCUT2D eigenvalue weighted by Crippen LogP contribution is -2.49. The van der Waals surface area contributed by atoms with Crippen LogP contribution in [0.4, 0.5) is 0 Å². The van der Waals surface area contributed by atoms with Crippen molar-refractivity contribution in [2.24, 2.45) is 4.99 Å². The van der Waals surface area contributed by atoms with Gasteiger partial charge < -0.3 is 24.6 Å². The lowest BCUT2D eigenvalue weighted by Gasteiger charge is -2.36. The second-order valence-electron chi connectivity index (χ2n) is 7.42. The molecule has 1 heterocycles. The molecule has 0 saturated carbocycles. The zero-order chi connectivity index (χ0) is 20.5. The van der Waals surface area contributed by atoms with Crippen LogP contribution in [-0.4, -0.2) is 94.3 Å². The van der Waals surface area contributed by atoms with Gasteiger partial charge in [0.05, 0.1) is 20.8 Å². The Kier molecular flexibility index (Phi) is 11.7. The summed E-state index contributed by atoms with van der Waals surface area (Å²) in [7, 11) is 7.60. The van der Waals surface area contributed by atoms with E-state index >= 15 is 0 Å². The second kappa shape index (κ2) is 13.1. The molecule has 166 valence electrons. The van der Waals surface area contributed by atoms with Crippen molar-refractivity contribution in [1.82, 2.24) is 20.0 Å². The van der Waals surface area contributed by atoms with Gasteiger partial charge in [-0.3, -0.25) is 9.89 Å². The SMILES string of the molecule is CCNC(=NCC(C)N1CCN(C)CC1)N(C)Cc1ccc(OC)cc1OC.I. The van der Waals surface area contributed by atoms with Crippen molar-refractivity contribution in [3.63, 3.8) is 0 Å². The maximum absolute atomic E-state index is 5.54. The first-order valence-corrected chi connectivity index (χ1v) is 10.1. The van der Waals surface area contributed by atoms with Gasteiger partial charge in [0, 0.05) is 64.0 Å². The largest absolute Gasteiger partial charge is 0.497 e. The van der Waals surface area contributed by atoms with Gasteiger partial charge in [0.25, 0.3) is 0 Å². The van der Waals surface area contributed by atoms with Crippen molar-refractivity contribution >= 4 is 29.9 Å². The highest BCUT2D eigenvalue weighted by atomic mass is 127. The van der Waals surface area contributed by atoms with Crippen LogP contribution in [0, 0.1) is 0 Å². The zero-order valence-corrected chi connectivity index (χ0v) is 21.1. The number of aliphatic imine (C=N–C) groups is 1. The molecule has 0 radical (unpaired) electrons. The standard InChI is InChI=1S/C21H37N5O2.HI/c1-7-22-21(23-15-17(2)26-12-10-24(3)11-13-26)25(4)16-18-8-9-19(27-5)14-20(18)28-6;/h8-9,14,17H,7,10-13,15-16H2,1-6H3,(H,22,23);1H. The van der Waals surface area contributed by atoms with Crippen molar-refractivity contribution < 1.29 is 9.47 Å². The third-order valence-electron chi connectivity index (χ3n) is 5.26. The maximum Gasteiger partial charge on any atom is 0.194 e. The minimum absolute atomic E-state index is 0. The van der Waals surface area contributed by atoms with E-state index in [1.165, 1.54) is 0 Å². The quantitative estimate of drug-likeness (QED) is 0.324. The van der Waals surface area contributed by atoms with Gasteiger partial charge >= 0.3 is 0 Å². The van der Waals surface area contributed by atoms with Crippen LogP contribution in [0.1, 0.15) is 19.4 Å². The van der Waals surface area contributed by atoms with Gasteiger partial charge in [-0.15, -0.1) is 24.0 Å². The molecule has 1 fully saturated rings. The molecular weight excluding hydrogens is 481 g/mol. The van der Waals surface area contributed by atoms with Crippen LogP contribution in [0.3, 0.4) is 0 Å². The van der Waals surface area contributed by atoms with Gasteiger partial charge in [-0.25, -0.2) is 0 Å². The summed E-state index contributed by atoms with van der Waals surface area (Å²) in [5.74, 6) is 2.54. The van der Waals surface area contributed by atoms with E-state index in [4.69, 9.17) is 14.5 Å². The summed E-state index contributed by atoms with van der Waals surface area (Å²) in [6, 6.07) is 6.37. The summed E-state index contributed by atoms with van der Waals surface area (Å²) < 4.78 is 10.8. The first-order chi connectivity index (χ1) is 13.5. The Labute approximate surface area is 193 Å². The van der Waals surface area contributed by atoms with E-state index < -0.39 is 0 Å². The van der Waals surface area contributed by atoms with Crippen LogP contribution in [0.25, 0.3) is 0 Å². The van der Waals surface area contributed by atoms with E-state index in [0.29, 0.717) is 12.6 Å². The molecule has 1 aromatic rings. The van der Waals surface area contributed by atoms with Gasteiger partial charge in [-0.1, -0.05) is 0 Å². The number of nitrogens with zero attached hydrogens (tertiary/aromatic N) is 4. The number of nitrogens with one attached hydrogen (secondary N) is 1. The number of hydrogen-bond acceptors (Lipinski definition) is 5. The number of ether oxygens (including phenoxy) is 2. The fourth-order valence-corrected chi connectivity index (χ4v) is 3.38. The summed E-state index contributed by atoms with van der Waals surface area (Å²) >= 11 is 0. The molecular formula is C21H38IN5O2. The van der Waals surface area contributed by atoms with Crippen molar-refractivity contribution in [3.05, 3.63) is 23.8 Å². The van der Waals surface area contributed by atoms with Crippen molar-refractivity contribution in [3.8, 4) is 11.5 Å². The predicted molar refractivity (Wildman–Crippen MR) is 131 cm³/mol. The van der Waals surface area contributed by atoms with E-state index in [1.54, 1.807) is 14.2 Å². The summed E-state index contributed by atoms with van der Waals surface area (Å²) in [5.41, 5.74) is 1.10. The van der Waals surface area contributed by atoms with Crippen LogP contribution >= 0.6 is 24.0 Å². The Hall–Kier alpha value is -1.26. The van der Waals surface area contributed by atoms with Gasteiger partial charge in [0.15, 0.2) is 5.96 Å². The van der Waals surface area contributed by atoms with E-state index in [-0.39, 0.29) is 24.0 Å². The Balaban J connectivity index is 0.00000420. The summed E-state index contributed by atoms with van der Waals surface area (Å²) in [5, 5.41) is 3.41. The van der Waals surface area contributed by atoms with Crippen LogP contribution < -0.4 is 14.8 Å². The third kappa shape index (κ3) is 7.82. The van der Waals surface area contributed by atoms with Crippen LogP contribution in [-0.2, 0) is 6.54 Å². The number of piperazine rings is 1. The Morgan fingerprint density at radius 3 is 2.48 bits per heavy atom. The van der Waals surface area contributed by atoms with Crippen molar-refractivity contribution in [2.45, 2.75) is 26.4 Å². The zero-order valence-electron chi connectivity index (χ0n) is 18.8. The fourth-order valence-electron chi connectivity index (χ4n) is 3.38. The summed E-state index contributed by atoms with van der Waals surface area (Å²) in [6.07, 6.45) is 0. The second-order valence-corrected chi connectivity index (χ2v) is 7.42. The minimum Gasteiger partial charge on any atom is -0.497 e. The predicted octanol–water partition coefficient (Wildman–Crippen LogP) is 2.36. The van der Waals surface area contributed by atoms with E-state index in [0.717, 1.165) is 62.3 Å². The van der Waals surface area contributed by atoms with Gasteiger partial charge in [0.2, 0.25) is 0 Å². The minimum atomic E-state index is 0. The highest BCUT2D eigenvalue weighted by molar-refractivity contribution is 14.0. The molecule has 1 saturated heterocycles. The molecule has 0 amide bonds. The molecule has 1 unspecified atom stereocenters.